The highest BCUT2D eigenvalue weighted by Gasteiger charge is 2.35. The van der Waals surface area contributed by atoms with Crippen LogP contribution < -0.4 is 9.64 Å². The molecule has 0 bridgehead atoms. The third-order valence-corrected chi connectivity index (χ3v) is 5.20. The summed E-state index contributed by atoms with van der Waals surface area (Å²) in [5.74, 6) is 1.24. The van der Waals surface area contributed by atoms with Gasteiger partial charge in [0, 0.05) is 21.3 Å². The van der Waals surface area contributed by atoms with Crippen LogP contribution in [0.1, 0.15) is 10.9 Å². The zero-order valence-corrected chi connectivity index (χ0v) is 14.1. The standard InChI is InChI=1S/C16H13Cl2NO2S/c1-21-12-5-3-11(4-6-12)19-15(20)9-22-16(19)13-7-2-10(17)8-14(13)18/h2-8,16H,9H2,1H3. The second-order valence-corrected chi connectivity index (χ2v) is 6.70. The summed E-state index contributed by atoms with van der Waals surface area (Å²) < 4.78 is 5.16. The molecular formula is C16H13Cl2NO2S. The fraction of sp³-hybridized carbons (Fsp3) is 0.188. The molecule has 6 heteroatoms. The molecule has 1 saturated heterocycles. The summed E-state index contributed by atoms with van der Waals surface area (Å²) in [4.78, 5) is 14.1. The second-order valence-electron chi connectivity index (χ2n) is 4.79. The van der Waals surface area contributed by atoms with Crippen molar-refractivity contribution in [3.8, 4) is 5.75 Å². The summed E-state index contributed by atoms with van der Waals surface area (Å²) in [5, 5.41) is 1.00. The predicted molar refractivity (Wildman–Crippen MR) is 92.1 cm³/mol. The summed E-state index contributed by atoms with van der Waals surface area (Å²) in [5.41, 5.74) is 1.71. The maximum absolute atomic E-state index is 12.3. The number of hydrogen-bond acceptors (Lipinski definition) is 3. The van der Waals surface area contributed by atoms with E-state index < -0.39 is 0 Å². The minimum absolute atomic E-state index is 0.0613. The Balaban J connectivity index is 1.98. The Hall–Kier alpha value is -1.36. The van der Waals surface area contributed by atoms with Crippen LogP contribution in [0.25, 0.3) is 0 Å². The highest BCUT2D eigenvalue weighted by atomic mass is 35.5. The van der Waals surface area contributed by atoms with Gasteiger partial charge in [-0.05, 0) is 36.4 Å². The van der Waals surface area contributed by atoms with Crippen LogP contribution in [0.15, 0.2) is 42.5 Å². The van der Waals surface area contributed by atoms with E-state index in [-0.39, 0.29) is 11.3 Å². The van der Waals surface area contributed by atoms with E-state index in [0.29, 0.717) is 15.8 Å². The van der Waals surface area contributed by atoms with Gasteiger partial charge < -0.3 is 4.74 Å². The topological polar surface area (TPSA) is 29.5 Å². The number of rotatable bonds is 3. The first-order valence-corrected chi connectivity index (χ1v) is 8.43. The van der Waals surface area contributed by atoms with Crippen LogP contribution in [0.3, 0.4) is 0 Å². The Morgan fingerprint density at radius 3 is 2.55 bits per heavy atom. The molecule has 1 atom stereocenters. The molecule has 1 heterocycles. The third kappa shape index (κ3) is 2.91. The van der Waals surface area contributed by atoms with E-state index in [0.717, 1.165) is 17.0 Å². The van der Waals surface area contributed by atoms with Gasteiger partial charge in [-0.25, -0.2) is 0 Å². The lowest BCUT2D eigenvalue weighted by molar-refractivity contribution is -0.115. The molecule has 0 radical (unpaired) electrons. The zero-order chi connectivity index (χ0) is 15.7. The van der Waals surface area contributed by atoms with Gasteiger partial charge in [0.05, 0.1) is 12.9 Å². The Morgan fingerprint density at radius 1 is 1.18 bits per heavy atom. The highest BCUT2D eigenvalue weighted by molar-refractivity contribution is 8.00. The maximum atomic E-state index is 12.3. The molecule has 0 N–H and O–H groups in total. The summed E-state index contributed by atoms with van der Waals surface area (Å²) in [7, 11) is 1.61. The molecule has 2 aromatic carbocycles. The third-order valence-electron chi connectivity index (χ3n) is 3.45. The van der Waals surface area contributed by atoms with Crippen molar-refractivity contribution in [2.24, 2.45) is 0 Å². The normalized spacial score (nSPS) is 17.9. The van der Waals surface area contributed by atoms with Crippen molar-refractivity contribution in [2.75, 3.05) is 17.8 Å². The molecule has 3 nitrogen and oxygen atoms in total. The lowest BCUT2D eigenvalue weighted by Gasteiger charge is -2.25. The number of methoxy groups -OCH3 is 1. The van der Waals surface area contributed by atoms with E-state index in [1.165, 1.54) is 0 Å². The first-order chi connectivity index (χ1) is 10.6. The van der Waals surface area contributed by atoms with Crippen LogP contribution in [0.5, 0.6) is 5.75 Å². The van der Waals surface area contributed by atoms with Gasteiger partial charge in [0.15, 0.2) is 0 Å². The molecule has 0 spiro atoms. The molecule has 1 aliphatic rings. The van der Waals surface area contributed by atoms with E-state index in [1.54, 1.807) is 35.9 Å². The van der Waals surface area contributed by atoms with Crippen LogP contribution in [-0.4, -0.2) is 18.8 Å². The smallest absolute Gasteiger partial charge is 0.238 e. The maximum Gasteiger partial charge on any atom is 0.238 e. The van der Waals surface area contributed by atoms with E-state index in [2.05, 4.69) is 0 Å². The summed E-state index contributed by atoms with van der Waals surface area (Å²) in [6.45, 7) is 0. The molecule has 22 heavy (non-hydrogen) atoms. The second kappa shape index (κ2) is 6.41. The van der Waals surface area contributed by atoms with Crippen molar-refractivity contribution < 1.29 is 9.53 Å². The number of ether oxygens (including phenoxy) is 1. The van der Waals surface area contributed by atoms with Crippen molar-refractivity contribution in [1.82, 2.24) is 0 Å². The zero-order valence-electron chi connectivity index (χ0n) is 11.8. The Labute approximate surface area is 143 Å². The quantitative estimate of drug-likeness (QED) is 0.794. The number of amides is 1. The Kier molecular flexibility index (Phi) is 4.52. The van der Waals surface area contributed by atoms with Crippen LogP contribution in [0, 0.1) is 0 Å². The molecule has 114 valence electrons. The number of anilines is 1. The van der Waals surface area contributed by atoms with E-state index in [4.69, 9.17) is 27.9 Å². The molecule has 1 amide bonds. The number of carbonyl (C=O) groups excluding carboxylic acids is 1. The van der Waals surface area contributed by atoms with Gasteiger partial charge in [0.2, 0.25) is 5.91 Å². The Morgan fingerprint density at radius 2 is 1.91 bits per heavy atom. The van der Waals surface area contributed by atoms with Crippen molar-refractivity contribution in [3.05, 3.63) is 58.1 Å². The van der Waals surface area contributed by atoms with Crippen LogP contribution in [-0.2, 0) is 4.79 Å². The highest BCUT2D eigenvalue weighted by Crippen LogP contribution is 2.44. The van der Waals surface area contributed by atoms with Crippen molar-refractivity contribution in [1.29, 1.82) is 0 Å². The van der Waals surface area contributed by atoms with Gasteiger partial charge in [-0.2, -0.15) is 0 Å². The molecule has 2 aromatic rings. The van der Waals surface area contributed by atoms with Crippen LogP contribution in [0.2, 0.25) is 10.0 Å². The first kappa shape index (κ1) is 15.5. The van der Waals surface area contributed by atoms with Gasteiger partial charge in [-0.3, -0.25) is 9.69 Å². The predicted octanol–water partition coefficient (Wildman–Crippen LogP) is 4.78. The number of halogens is 2. The lowest BCUT2D eigenvalue weighted by atomic mass is 10.2. The molecule has 3 rings (SSSR count). The minimum Gasteiger partial charge on any atom is -0.497 e. The van der Waals surface area contributed by atoms with Crippen LogP contribution in [0.4, 0.5) is 5.69 Å². The van der Waals surface area contributed by atoms with Gasteiger partial charge >= 0.3 is 0 Å². The SMILES string of the molecule is COc1ccc(N2C(=O)CSC2c2ccc(Cl)cc2Cl)cc1. The average Bonchev–Trinajstić information content (AvgIpc) is 2.89. The van der Waals surface area contributed by atoms with E-state index in [1.807, 2.05) is 30.3 Å². The molecule has 0 aromatic heterocycles. The summed E-state index contributed by atoms with van der Waals surface area (Å²) in [6.07, 6.45) is 0. The number of thioether (sulfide) groups is 1. The fourth-order valence-electron chi connectivity index (χ4n) is 2.38. The van der Waals surface area contributed by atoms with E-state index in [9.17, 15) is 4.79 Å². The average molecular weight is 354 g/mol. The van der Waals surface area contributed by atoms with Crippen molar-refractivity contribution >= 4 is 46.6 Å². The van der Waals surface area contributed by atoms with Crippen molar-refractivity contribution in [2.45, 2.75) is 5.37 Å². The first-order valence-electron chi connectivity index (χ1n) is 6.63. The largest absolute Gasteiger partial charge is 0.497 e. The van der Waals surface area contributed by atoms with Gasteiger partial charge in [-0.15, -0.1) is 11.8 Å². The number of benzene rings is 2. The van der Waals surface area contributed by atoms with Crippen LogP contribution >= 0.6 is 35.0 Å². The van der Waals surface area contributed by atoms with Gasteiger partial charge in [0.1, 0.15) is 11.1 Å². The molecule has 0 aliphatic carbocycles. The van der Waals surface area contributed by atoms with Gasteiger partial charge in [-0.1, -0.05) is 29.3 Å². The van der Waals surface area contributed by atoms with Gasteiger partial charge in [0.25, 0.3) is 0 Å². The lowest BCUT2D eigenvalue weighted by Crippen LogP contribution is -2.27. The molecule has 1 unspecified atom stereocenters. The Bertz CT molecular complexity index is 706. The summed E-state index contributed by atoms with van der Waals surface area (Å²) in [6, 6.07) is 12.8. The summed E-state index contributed by atoms with van der Waals surface area (Å²) >= 11 is 13.8. The molecule has 1 aliphatic heterocycles. The minimum atomic E-state index is -0.148. The molecule has 0 saturated carbocycles. The van der Waals surface area contributed by atoms with Crippen molar-refractivity contribution in [3.63, 3.8) is 0 Å². The molecular weight excluding hydrogens is 341 g/mol. The number of nitrogens with zero attached hydrogens (tertiary/aromatic N) is 1. The van der Waals surface area contributed by atoms with E-state index >= 15 is 0 Å². The number of carbonyl (C=O) groups is 1. The monoisotopic (exact) mass is 353 g/mol. The number of hydrogen-bond donors (Lipinski definition) is 0. The molecule has 1 fully saturated rings. The fourth-order valence-corrected chi connectivity index (χ4v) is 4.17.